The van der Waals surface area contributed by atoms with E-state index in [-0.39, 0.29) is 17.1 Å². The fraction of sp³-hybridized carbons (Fsp3) is 0.462. The van der Waals surface area contributed by atoms with E-state index < -0.39 is 0 Å². The Balaban J connectivity index is 1.78. The van der Waals surface area contributed by atoms with Gasteiger partial charge in [-0.1, -0.05) is 13.3 Å². The van der Waals surface area contributed by atoms with Gasteiger partial charge in [-0.15, -0.1) is 5.10 Å². The molecule has 0 aliphatic carbocycles. The lowest BCUT2D eigenvalue weighted by molar-refractivity contribution is 0.138. The Morgan fingerprint density at radius 3 is 2.59 bits per heavy atom. The summed E-state index contributed by atoms with van der Waals surface area (Å²) in [5, 5.41) is 13.8. The first-order chi connectivity index (χ1) is 16.2. The summed E-state index contributed by atoms with van der Waals surface area (Å²) < 4.78 is 7.58. The number of aromatic nitrogens is 5. The topological polar surface area (TPSA) is 92.8 Å². The Hall–Kier alpha value is -3.26. The molecule has 0 bridgehead atoms. The number of pyridine rings is 1. The normalized spacial score (nSPS) is 13.1. The van der Waals surface area contributed by atoms with E-state index in [1.165, 1.54) is 5.56 Å². The molecule has 0 radical (unpaired) electrons. The maximum Gasteiger partial charge on any atom is 0.252 e. The van der Waals surface area contributed by atoms with Gasteiger partial charge < -0.3 is 9.40 Å². The molecular weight excluding hydrogens is 428 g/mol. The van der Waals surface area contributed by atoms with Gasteiger partial charge in [0.25, 0.3) is 5.56 Å². The third kappa shape index (κ3) is 4.97. The number of nitrogens with zero attached hydrogens (tertiary/aromatic N) is 5. The molecule has 34 heavy (non-hydrogen) atoms. The highest BCUT2D eigenvalue weighted by molar-refractivity contribution is 5.80. The second-order valence-corrected chi connectivity index (χ2v) is 10.1. The van der Waals surface area contributed by atoms with Crippen LogP contribution in [0.3, 0.4) is 0 Å². The van der Waals surface area contributed by atoms with E-state index in [0.717, 1.165) is 40.9 Å². The second kappa shape index (κ2) is 9.54. The van der Waals surface area contributed by atoms with Gasteiger partial charge in [0, 0.05) is 17.6 Å². The summed E-state index contributed by atoms with van der Waals surface area (Å²) in [5.41, 5.74) is 3.58. The smallest absolute Gasteiger partial charge is 0.252 e. The minimum Gasteiger partial charge on any atom is -0.468 e. The van der Waals surface area contributed by atoms with Crippen LogP contribution in [0.5, 0.6) is 0 Å². The maximum atomic E-state index is 13.1. The van der Waals surface area contributed by atoms with E-state index in [2.05, 4.69) is 73.0 Å². The lowest BCUT2D eigenvalue weighted by Gasteiger charge is -2.32. The Labute approximate surface area is 200 Å². The molecule has 4 aromatic rings. The summed E-state index contributed by atoms with van der Waals surface area (Å²) >= 11 is 0. The van der Waals surface area contributed by atoms with Crippen LogP contribution in [0, 0.1) is 13.8 Å². The molecule has 8 nitrogen and oxygen atoms in total. The van der Waals surface area contributed by atoms with Crippen LogP contribution in [-0.4, -0.2) is 30.1 Å². The highest BCUT2D eigenvalue weighted by Crippen LogP contribution is 2.30. The summed E-state index contributed by atoms with van der Waals surface area (Å²) in [5.74, 6) is 1.63. The van der Waals surface area contributed by atoms with Gasteiger partial charge in [0.1, 0.15) is 5.76 Å². The Morgan fingerprint density at radius 1 is 1.15 bits per heavy atom. The molecular formula is C26H34N6O2. The first kappa shape index (κ1) is 23.9. The van der Waals surface area contributed by atoms with Crippen LogP contribution >= 0.6 is 0 Å². The van der Waals surface area contributed by atoms with Crippen LogP contribution in [0.1, 0.15) is 74.9 Å². The third-order valence-electron chi connectivity index (χ3n) is 6.28. The molecule has 0 saturated heterocycles. The monoisotopic (exact) mass is 462 g/mol. The molecule has 8 heteroatoms. The predicted molar refractivity (Wildman–Crippen MR) is 132 cm³/mol. The number of nitrogens with one attached hydrogen (secondary N) is 1. The van der Waals surface area contributed by atoms with Crippen molar-refractivity contribution in [2.45, 2.75) is 79.1 Å². The van der Waals surface area contributed by atoms with E-state index >= 15 is 0 Å². The van der Waals surface area contributed by atoms with E-state index in [4.69, 9.17) is 4.42 Å². The molecule has 0 amide bonds. The highest BCUT2D eigenvalue weighted by Gasteiger charge is 2.30. The number of hydrogen-bond donors (Lipinski definition) is 1. The minimum absolute atomic E-state index is 0.0779. The number of hydrogen-bond acceptors (Lipinski definition) is 6. The molecule has 1 aromatic carbocycles. The zero-order valence-electron chi connectivity index (χ0n) is 20.9. The van der Waals surface area contributed by atoms with Crippen molar-refractivity contribution in [1.29, 1.82) is 0 Å². The van der Waals surface area contributed by atoms with E-state index in [9.17, 15) is 4.79 Å². The largest absolute Gasteiger partial charge is 0.468 e. The molecule has 0 spiro atoms. The molecule has 0 fully saturated rings. The van der Waals surface area contributed by atoms with Crippen LogP contribution in [0.25, 0.3) is 10.9 Å². The zero-order chi connectivity index (χ0) is 24.5. The van der Waals surface area contributed by atoms with Crippen molar-refractivity contribution in [2.24, 2.45) is 0 Å². The molecule has 0 aliphatic heterocycles. The highest BCUT2D eigenvalue weighted by atomic mass is 16.3. The first-order valence-electron chi connectivity index (χ1n) is 11.9. The second-order valence-electron chi connectivity index (χ2n) is 10.1. The van der Waals surface area contributed by atoms with E-state index in [1.54, 1.807) is 6.26 Å². The maximum absolute atomic E-state index is 13.1. The van der Waals surface area contributed by atoms with Crippen molar-refractivity contribution in [2.75, 3.05) is 0 Å². The van der Waals surface area contributed by atoms with Crippen molar-refractivity contribution in [3.8, 4) is 0 Å². The van der Waals surface area contributed by atoms with Crippen molar-refractivity contribution >= 4 is 10.9 Å². The van der Waals surface area contributed by atoms with Gasteiger partial charge in [-0.25, -0.2) is 4.68 Å². The number of aryl methyl sites for hydroxylation is 2. The molecule has 0 aliphatic rings. The first-order valence-corrected chi connectivity index (χ1v) is 11.9. The number of benzene rings is 1. The lowest BCUT2D eigenvalue weighted by Crippen LogP contribution is -2.35. The number of furan rings is 1. The summed E-state index contributed by atoms with van der Waals surface area (Å²) in [7, 11) is 0. The van der Waals surface area contributed by atoms with Gasteiger partial charge in [-0.3, -0.25) is 9.69 Å². The zero-order valence-corrected chi connectivity index (χ0v) is 20.9. The molecule has 1 atom stereocenters. The number of rotatable bonds is 8. The Bertz CT molecular complexity index is 1310. The van der Waals surface area contributed by atoms with Crippen LogP contribution in [0.4, 0.5) is 0 Å². The van der Waals surface area contributed by atoms with E-state index in [1.807, 2.05) is 28.9 Å². The average Bonchev–Trinajstić information content (AvgIpc) is 3.45. The van der Waals surface area contributed by atoms with Crippen molar-refractivity contribution < 1.29 is 4.42 Å². The molecule has 3 heterocycles. The van der Waals surface area contributed by atoms with Crippen LogP contribution < -0.4 is 5.56 Å². The number of tetrazole rings is 1. The van der Waals surface area contributed by atoms with Gasteiger partial charge in [-0.05, 0) is 98.3 Å². The average molecular weight is 463 g/mol. The quantitative estimate of drug-likeness (QED) is 0.395. The summed E-state index contributed by atoms with van der Waals surface area (Å²) in [6.07, 6.45) is 3.47. The van der Waals surface area contributed by atoms with Crippen molar-refractivity contribution in [3.05, 3.63) is 75.2 Å². The van der Waals surface area contributed by atoms with E-state index in [0.29, 0.717) is 18.7 Å². The molecule has 0 unspecified atom stereocenters. The molecule has 4 rings (SSSR count). The third-order valence-corrected chi connectivity index (χ3v) is 6.28. The van der Waals surface area contributed by atoms with Crippen molar-refractivity contribution in [1.82, 2.24) is 30.1 Å². The lowest BCUT2D eigenvalue weighted by atomic mass is 10.0. The fourth-order valence-electron chi connectivity index (χ4n) is 4.37. The number of fused-ring (bicyclic) bond motifs is 1. The Kier molecular flexibility index (Phi) is 6.70. The fourth-order valence-corrected chi connectivity index (χ4v) is 4.37. The van der Waals surface area contributed by atoms with Gasteiger partial charge >= 0.3 is 0 Å². The summed E-state index contributed by atoms with van der Waals surface area (Å²) in [6, 6.07) is 9.93. The Morgan fingerprint density at radius 2 is 1.91 bits per heavy atom. The summed E-state index contributed by atoms with van der Waals surface area (Å²) in [4.78, 5) is 18.4. The molecule has 1 N–H and O–H groups in total. The predicted octanol–water partition coefficient (Wildman–Crippen LogP) is 5.02. The van der Waals surface area contributed by atoms with Gasteiger partial charge in [0.2, 0.25) is 0 Å². The van der Waals surface area contributed by atoms with Crippen LogP contribution in [-0.2, 0) is 18.6 Å². The van der Waals surface area contributed by atoms with Gasteiger partial charge in [-0.2, -0.15) is 0 Å². The SMILES string of the molecule is CCC[C@H](c1nnnn1C(C)(C)C)N(Cc1ccco1)Cc1cc2cc(C)c(C)cc2[nH]c1=O. The minimum atomic E-state index is -0.267. The standard InChI is InChI=1S/C26H34N6O2/c1-7-9-23(24-28-29-30-32(24)26(4,5)6)31(16-21-10-8-11-34-21)15-20-14-19-12-17(2)18(3)13-22(19)27-25(20)33/h8,10-14,23H,7,9,15-16H2,1-6H3,(H,27,33)/t23-/m1/s1. The molecule has 180 valence electrons. The number of H-pyrrole nitrogens is 1. The van der Waals surface area contributed by atoms with Crippen LogP contribution in [0.15, 0.2) is 45.8 Å². The molecule has 3 aromatic heterocycles. The summed E-state index contributed by atoms with van der Waals surface area (Å²) in [6.45, 7) is 13.5. The van der Waals surface area contributed by atoms with Gasteiger partial charge in [0.05, 0.1) is 24.4 Å². The van der Waals surface area contributed by atoms with Gasteiger partial charge in [0.15, 0.2) is 5.82 Å². The van der Waals surface area contributed by atoms with Crippen LogP contribution in [0.2, 0.25) is 0 Å². The molecule has 0 saturated carbocycles. The number of aromatic amines is 1. The van der Waals surface area contributed by atoms with Crippen molar-refractivity contribution in [3.63, 3.8) is 0 Å².